The van der Waals surface area contributed by atoms with Gasteiger partial charge in [-0.1, -0.05) is 63.2 Å². The molecule has 0 bridgehead atoms. The van der Waals surface area contributed by atoms with E-state index >= 15 is 0 Å². The highest BCUT2D eigenvalue weighted by molar-refractivity contribution is 6.11. The minimum absolute atomic E-state index is 0.150. The average Bonchev–Trinajstić information content (AvgIpc) is 3.15. The average molecular weight is 391 g/mol. The summed E-state index contributed by atoms with van der Waals surface area (Å²) in [5.74, 6) is -0.750. The van der Waals surface area contributed by atoms with Gasteiger partial charge in [-0.2, -0.15) is 0 Å². The maximum Gasteiger partial charge on any atom is 0.325 e. The van der Waals surface area contributed by atoms with Crippen LogP contribution in [0.25, 0.3) is 0 Å². The Hall–Kier alpha value is -3.15. The normalized spacial score (nSPS) is 20.7. The van der Waals surface area contributed by atoms with Crippen molar-refractivity contribution in [2.45, 2.75) is 44.6 Å². The van der Waals surface area contributed by atoms with Crippen molar-refractivity contribution in [1.29, 1.82) is 0 Å². The fourth-order valence-corrected chi connectivity index (χ4v) is 4.31. The standard InChI is InChI=1S/C23H25N3O3/c1-22(2,3)17-10-6-7-11-18(17)24-19(27)14-26-20(28)23(25-21(26)29)13-12-15-8-4-5-9-16(15)23/h4-11H,12-14H2,1-3H3,(H,24,27)(H,25,29). The Bertz CT molecular complexity index is 1010. The molecule has 4 amide bonds. The monoisotopic (exact) mass is 391 g/mol. The molecule has 1 saturated heterocycles. The summed E-state index contributed by atoms with van der Waals surface area (Å²) in [4.78, 5) is 39.5. The quantitative estimate of drug-likeness (QED) is 0.788. The molecule has 1 unspecified atom stereocenters. The molecule has 0 aromatic heterocycles. The second kappa shape index (κ2) is 6.72. The fourth-order valence-electron chi connectivity index (χ4n) is 4.31. The first kappa shape index (κ1) is 19.2. The molecule has 1 spiro atoms. The van der Waals surface area contributed by atoms with Gasteiger partial charge in [0.05, 0.1) is 0 Å². The number of rotatable bonds is 3. The van der Waals surface area contributed by atoms with Crippen molar-refractivity contribution in [1.82, 2.24) is 10.2 Å². The summed E-state index contributed by atoms with van der Waals surface area (Å²) in [7, 11) is 0. The predicted octanol–water partition coefficient (Wildman–Crippen LogP) is 3.32. The van der Waals surface area contributed by atoms with Crippen LogP contribution in [0.3, 0.4) is 0 Å². The Balaban J connectivity index is 1.54. The molecular weight excluding hydrogens is 366 g/mol. The number of aryl methyl sites for hydroxylation is 1. The smallest absolute Gasteiger partial charge is 0.324 e. The lowest BCUT2D eigenvalue weighted by Gasteiger charge is -2.24. The van der Waals surface area contributed by atoms with E-state index in [4.69, 9.17) is 0 Å². The van der Waals surface area contributed by atoms with Crippen molar-refractivity contribution in [2.75, 3.05) is 11.9 Å². The van der Waals surface area contributed by atoms with Crippen LogP contribution >= 0.6 is 0 Å². The summed E-state index contributed by atoms with van der Waals surface area (Å²) in [5.41, 5.74) is 2.38. The number of hydrogen-bond donors (Lipinski definition) is 2. The molecule has 6 heteroatoms. The Labute approximate surface area is 170 Å². The van der Waals surface area contributed by atoms with Gasteiger partial charge in [-0.3, -0.25) is 14.5 Å². The van der Waals surface area contributed by atoms with Crippen LogP contribution in [0.4, 0.5) is 10.5 Å². The number of imide groups is 1. The largest absolute Gasteiger partial charge is 0.325 e. The molecule has 1 fully saturated rings. The SMILES string of the molecule is CC(C)(C)c1ccccc1NC(=O)CN1C(=O)NC2(CCc3ccccc32)C1=O. The van der Waals surface area contributed by atoms with E-state index in [9.17, 15) is 14.4 Å². The second-order valence-corrected chi connectivity index (χ2v) is 8.73. The lowest BCUT2D eigenvalue weighted by Crippen LogP contribution is -2.43. The van der Waals surface area contributed by atoms with E-state index in [1.54, 1.807) is 0 Å². The van der Waals surface area contributed by atoms with Gasteiger partial charge in [0.2, 0.25) is 5.91 Å². The third kappa shape index (κ3) is 3.18. The summed E-state index contributed by atoms with van der Waals surface area (Å²) < 4.78 is 0. The van der Waals surface area contributed by atoms with Gasteiger partial charge in [-0.05, 0) is 41.0 Å². The molecule has 150 valence electrons. The molecule has 1 aliphatic heterocycles. The van der Waals surface area contributed by atoms with Crippen LogP contribution in [0.15, 0.2) is 48.5 Å². The van der Waals surface area contributed by atoms with Crippen LogP contribution in [0, 0.1) is 0 Å². The zero-order valence-corrected chi connectivity index (χ0v) is 16.9. The maximum atomic E-state index is 13.2. The van der Waals surface area contributed by atoms with Gasteiger partial charge in [-0.25, -0.2) is 4.79 Å². The number of benzene rings is 2. The van der Waals surface area contributed by atoms with E-state index in [-0.39, 0.29) is 17.9 Å². The second-order valence-electron chi connectivity index (χ2n) is 8.73. The topological polar surface area (TPSA) is 78.5 Å². The summed E-state index contributed by atoms with van der Waals surface area (Å²) in [5, 5.41) is 5.72. The highest BCUT2D eigenvalue weighted by atomic mass is 16.2. The van der Waals surface area contributed by atoms with Gasteiger partial charge >= 0.3 is 6.03 Å². The van der Waals surface area contributed by atoms with Crippen molar-refractivity contribution in [3.63, 3.8) is 0 Å². The number of fused-ring (bicyclic) bond motifs is 2. The van der Waals surface area contributed by atoms with Crippen LogP contribution in [0.5, 0.6) is 0 Å². The molecule has 0 saturated carbocycles. The molecule has 1 atom stereocenters. The molecule has 0 radical (unpaired) electrons. The predicted molar refractivity (Wildman–Crippen MR) is 110 cm³/mol. The lowest BCUT2D eigenvalue weighted by molar-refractivity contribution is -0.134. The van der Waals surface area contributed by atoms with Crippen LogP contribution < -0.4 is 10.6 Å². The highest BCUT2D eigenvalue weighted by Crippen LogP contribution is 2.41. The van der Waals surface area contributed by atoms with Crippen molar-refractivity contribution in [2.24, 2.45) is 0 Å². The first-order chi connectivity index (χ1) is 13.7. The van der Waals surface area contributed by atoms with Crippen molar-refractivity contribution in [3.8, 4) is 0 Å². The Morgan fingerprint density at radius 3 is 2.55 bits per heavy atom. The third-order valence-electron chi connectivity index (χ3n) is 5.73. The molecule has 1 heterocycles. The summed E-state index contributed by atoms with van der Waals surface area (Å²) >= 11 is 0. The number of urea groups is 1. The van der Waals surface area contributed by atoms with Gasteiger partial charge in [0.15, 0.2) is 0 Å². The molecular formula is C23H25N3O3. The number of carbonyl (C=O) groups excluding carboxylic acids is 3. The summed E-state index contributed by atoms with van der Waals surface area (Å²) in [6.07, 6.45) is 1.24. The van der Waals surface area contributed by atoms with Crippen LogP contribution in [-0.4, -0.2) is 29.3 Å². The molecule has 2 aromatic carbocycles. The zero-order valence-electron chi connectivity index (χ0n) is 16.9. The zero-order chi connectivity index (χ0) is 20.8. The van der Waals surface area contributed by atoms with E-state index in [2.05, 4.69) is 31.4 Å². The Morgan fingerprint density at radius 1 is 1.10 bits per heavy atom. The van der Waals surface area contributed by atoms with Crippen LogP contribution in [0.2, 0.25) is 0 Å². The number of hydrogen-bond acceptors (Lipinski definition) is 3. The number of amides is 4. The van der Waals surface area contributed by atoms with E-state index in [0.29, 0.717) is 12.1 Å². The Morgan fingerprint density at radius 2 is 1.79 bits per heavy atom. The molecule has 6 nitrogen and oxygen atoms in total. The summed E-state index contributed by atoms with van der Waals surface area (Å²) in [6, 6.07) is 14.7. The number of nitrogens with one attached hydrogen (secondary N) is 2. The number of para-hydroxylation sites is 1. The molecule has 2 N–H and O–H groups in total. The minimum atomic E-state index is -1.04. The molecule has 2 aliphatic rings. The van der Waals surface area contributed by atoms with Crippen molar-refractivity contribution < 1.29 is 14.4 Å². The van der Waals surface area contributed by atoms with Crippen molar-refractivity contribution in [3.05, 3.63) is 65.2 Å². The van der Waals surface area contributed by atoms with Crippen LogP contribution in [0.1, 0.15) is 43.9 Å². The number of nitrogens with zero attached hydrogens (tertiary/aromatic N) is 1. The number of carbonyl (C=O) groups is 3. The highest BCUT2D eigenvalue weighted by Gasteiger charge is 2.55. The minimum Gasteiger partial charge on any atom is -0.324 e. The van der Waals surface area contributed by atoms with Gasteiger partial charge in [0.1, 0.15) is 12.1 Å². The molecule has 4 rings (SSSR count). The van der Waals surface area contributed by atoms with E-state index < -0.39 is 17.5 Å². The molecule has 1 aliphatic carbocycles. The maximum absolute atomic E-state index is 13.2. The van der Waals surface area contributed by atoms with Gasteiger partial charge in [0.25, 0.3) is 5.91 Å². The Kier molecular flexibility index (Phi) is 4.45. The molecule has 2 aromatic rings. The lowest BCUT2D eigenvalue weighted by atomic mass is 9.86. The van der Waals surface area contributed by atoms with E-state index in [0.717, 1.165) is 28.0 Å². The fraction of sp³-hybridized carbons (Fsp3) is 0.348. The van der Waals surface area contributed by atoms with Gasteiger partial charge < -0.3 is 10.6 Å². The first-order valence-electron chi connectivity index (χ1n) is 9.84. The van der Waals surface area contributed by atoms with Gasteiger partial charge in [0, 0.05) is 5.69 Å². The third-order valence-corrected chi connectivity index (χ3v) is 5.73. The molecule has 29 heavy (non-hydrogen) atoms. The van der Waals surface area contributed by atoms with Crippen molar-refractivity contribution >= 4 is 23.5 Å². The number of anilines is 1. The van der Waals surface area contributed by atoms with Crippen LogP contribution in [-0.2, 0) is 27.0 Å². The van der Waals surface area contributed by atoms with E-state index in [1.165, 1.54) is 0 Å². The van der Waals surface area contributed by atoms with Gasteiger partial charge in [-0.15, -0.1) is 0 Å². The first-order valence-corrected chi connectivity index (χ1v) is 9.84. The van der Waals surface area contributed by atoms with E-state index in [1.807, 2.05) is 48.5 Å². The summed E-state index contributed by atoms with van der Waals surface area (Å²) in [6.45, 7) is 5.89.